The number of benzene rings is 1. The molecule has 31 heavy (non-hydrogen) atoms. The lowest BCUT2D eigenvalue weighted by Crippen LogP contribution is -2.37. The largest absolute Gasteiger partial charge is 0.381 e. The standard InChI is InChI=1S/C27H40N2O2/c1-20-4-3-14-28(20)15-11-21-7-9-22(10-8-21)25-6-2-5-24-18-29(19-26(24)25)27(30)23-12-16-31-17-13-23/h7-10,20,23-26H,2-6,11-19H2,1H3/t20-,24+,25?,26-/m1/s1. The van der Waals surface area contributed by atoms with Crippen molar-refractivity contribution in [2.75, 3.05) is 39.4 Å². The molecule has 1 saturated carbocycles. The van der Waals surface area contributed by atoms with Gasteiger partial charge in [0.2, 0.25) is 5.91 Å². The highest BCUT2D eigenvalue weighted by Gasteiger charge is 2.43. The first-order chi connectivity index (χ1) is 15.2. The molecule has 170 valence electrons. The van der Waals surface area contributed by atoms with Crippen LogP contribution >= 0.6 is 0 Å². The molecule has 4 nitrogen and oxygen atoms in total. The Morgan fingerprint density at radius 2 is 1.81 bits per heavy atom. The summed E-state index contributed by atoms with van der Waals surface area (Å²) in [4.78, 5) is 18.0. The fraction of sp³-hybridized carbons (Fsp3) is 0.741. The van der Waals surface area contributed by atoms with E-state index < -0.39 is 0 Å². The zero-order valence-electron chi connectivity index (χ0n) is 19.3. The van der Waals surface area contributed by atoms with E-state index in [1.165, 1.54) is 56.3 Å². The molecule has 1 aromatic carbocycles. The molecule has 1 amide bonds. The smallest absolute Gasteiger partial charge is 0.225 e. The summed E-state index contributed by atoms with van der Waals surface area (Å²) in [7, 11) is 0. The molecule has 1 aliphatic carbocycles. The van der Waals surface area contributed by atoms with Crippen molar-refractivity contribution in [3.05, 3.63) is 35.4 Å². The molecule has 4 fully saturated rings. The van der Waals surface area contributed by atoms with Gasteiger partial charge in [-0.2, -0.15) is 0 Å². The van der Waals surface area contributed by atoms with E-state index in [9.17, 15) is 4.79 Å². The molecule has 1 unspecified atom stereocenters. The Bertz CT molecular complexity index is 742. The summed E-state index contributed by atoms with van der Waals surface area (Å²) >= 11 is 0. The fourth-order valence-electron chi connectivity index (χ4n) is 6.80. The number of hydrogen-bond donors (Lipinski definition) is 0. The predicted octanol–water partition coefficient (Wildman–Crippen LogP) is 4.48. The van der Waals surface area contributed by atoms with Gasteiger partial charge in [0.15, 0.2) is 0 Å². The van der Waals surface area contributed by atoms with Gasteiger partial charge < -0.3 is 14.5 Å². The molecular formula is C27H40N2O2. The number of carbonyl (C=O) groups is 1. The third-order valence-electron chi connectivity index (χ3n) is 8.77. The summed E-state index contributed by atoms with van der Waals surface area (Å²) in [5, 5.41) is 0. The monoisotopic (exact) mass is 424 g/mol. The van der Waals surface area contributed by atoms with Gasteiger partial charge in [0.1, 0.15) is 0 Å². The molecule has 5 rings (SSSR count). The Kier molecular flexibility index (Phi) is 6.66. The van der Waals surface area contributed by atoms with Crippen LogP contribution in [0.3, 0.4) is 0 Å². The van der Waals surface area contributed by atoms with Crippen molar-refractivity contribution in [2.24, 2.45) is 17.8 Å². The van der Waals surface area contributed by atoms with Crippen LogP contribution in [0.15, 0.2) is 24.3 Å². The van der Waals surface area contributed by atoms with Crippen molar-refractivity contribution >= 4 is 5.91 Å². The third-order valence-corrected chi connectivity index (χ3v) is 8.77. The maximum Gasteiger partial charge on any atom is 0.225 e. The van der Waals surface area contributed by atoms with E-state index in [1.807, 2.05) is 0 Å². The van der Waals surface area contributed by atoms with Crippen LogP contribution in [-0.4, -0.2) is 61.1 Å². The van der Waals surface area contributed by atoms with Crippen LogP contribution in [0.1, 0.15) is 68.9 Å². The molecule has 4 aliphatic rings. The van der Waals surface area contributed by atoms with E-state index in [4.69, 9.17) is 4.74 Å². The first-order valence-corrected chi connectivity index (χ1v) is 12.9. The predicted molar refractivity (Wildman–Crippen MR) is 124 cm³/mol. The highest BCUT2D eigenvalue weighted by molar-refractivity contribution is 5.79. The van der Waals surface area contributed by atoms with Crippen molar-refractivity contribution < 1.29 is 9.53 Å². The Balaban J connectivity index is 1.20. The summed E-state index contributed by atoms with van der Waals surface area (Å²) in [5.74, 6) is 2.57. The van der Waals surface area contributed by atoms with Gasteiger partial charge in [0.05, 0.1) is 0 Å². The highest BCUT2D eigenvalue weighted by Crippen LogP contribution is 2.45. The SMILES string of the molecule is C[C@@H]1CCCN1CCc1ccc(C2CCC[C@H]3CN(C(=O)C4CCOCC4)C[C@@H]23)cc1. The third kappa shape index (κ3) is 4.71. The average molecular weight is 425 g/mol. The van der Waals surface area contributed by atoms with Crippen LogP contribution in [0.2, 0.25) is 0 Å². The number of likely N-dealkylation sites (tertiary alicyclic amines) is 2. The molecule has 0 bridgehead atoms. The number of fused-ring (bicyclic) bond motifs is 1. The van der Waals surface area contributed by atoms with Crippen molar-refractivity contribution in [2.45, 2.75) is 70.3 Å². The van der Waals surface area contributed by atoms with Crippen LogP contribution < -0.4 is 0 Å². The Morgan fingerprint density at radius 3 is 2.55 bits per heavy atom. The van der Waals surface area contributed by atoms with Crippen LogP contribution in [0.25, 0.3) is 0 Å². The number of ether oxygens (including phenoxy) is 1. The van der Waals surface area contributed by atoms with Gasteiger partial charge in [-0.1, -0.05) is 30.7 Å². The summed E-state index contributed by atoms with van der Waals surface area (Å²) in [6, 6.07) is 10.3. The van der Waals surface area contributed by atoms with E-state index >= 15 is 0 Å². The van der Waals surface area contributed by atoms with Crippen LogP contribution in [0.5, 0.6) is 0 Å². The van der Waals surface area contributed by atoms with Crippen molar-refractivity contribution in [1.82, 2.24) is 9.80 Å². The number of nitrogens with zero attached hydrogens (tertiary/aromatic N) is 2. The maximum absolute atomic E-state index is 13.1. The van der Waals surface area contributed by atoms with E-state index in [0.29, 0.717) is 23.7 Å². The number of amides is 1. The van der Waals surface area contributed by atoms with Gasteiger partial charge in [-0.15, -0.1) is 0 Å². The number of hydrogen-bond acceptors (Lipinski definition) is 3. The lowest BCUT2D eigenvalue weighted by Gasteiger charge is -2.33. The van der Waals surface area contributed by atoms with Gasteiger partial charge in [-0.05, 0) is 87.3 Å². The molecule has 0 N–H and O–H groups in total. The molecule has 4 atom stereocenters. The zero-order valence-corrected chi connectivity index (χ0v) is 19.3. The molecule has 1 aromatic rings. The van der Waals surface area contributed by atoms with Crippen LogP contribution in [-0.2, 0) is 16.0 Å². The quantitative estimate of drug-likeness (QED) is 0.699. The summed E-state index contributed by atoms with van der Waals surface area (Å²) in [6.07, 6.45) is 9.58. The molecule has 3 saturated heterocycles. The maximum atomic E-state index is 13.1. The van der Waals surface area contributed by atoms with Crippen molar-refractivity contribution in [3.8, 4) is 0 Å². The van der Waals surface area contributed by atoms with Gasteiger partial charge in [-0.25, -0.2) is 0 Å². The normalized spacial score (nSPS) is 32.4. The zero-order chi connectivity index (χ0) is 21.2. The second kappa shape index (κ2) is 9.62. The second-order valence-corrected chi connectivity index (χ2v) is 10.6. The molecular weight excluding hydrogens is 384 g/mol. The summed E-state index contributed by atoms with van der Waals surface area (Å²) in [6.45, 7) is 8.30. The Hall–Kier alpha value is -1.39. The molecule has 0 spiro atoms. The summed E-state index contributed by atoms with van der Waals surface area (Å²) < 4.78 is 5.47. The van der Waals surface area contributed by atoms with Crippen LogP contribution in [0, 0.1) is 17.8 Å². The first kappa shape index (κ1) is 21.5. The van der Waals surface area contributed by atoms with Gasteiger partial charge in [0.25, 0.3) is 0 Å². The van der Waals surface area contributed by atoms with Gasteiger partial charge in [-0.3, -0.25) is 4.79 Å². The second-order valence-electron chi connectivity index (χ2n) is 10.6. The minimum Gasteiger partial charge on any atom is -0.381 e. The Labute approximate surface area is 188 Å². The topological polar surface area (TPSA) is 32.8 Å². The average Bonchev–Trinajstić information content (AvgIpc) is 3.44. The van der Waals surface area contributed by atoms with E-state index in [-0.39, 0.29) is 5.92 Å². The van der Waals surface area contributed by atoms with Crippen molar-refractivity contribution in [3.63, 3.8) is 0 Å². The molecule has 3 heterocycles. The Morgan fingerprint density at radius 1 is 1.00 bits per heavy atom. The molecule has 0 radical (unpaired) electrons. The van der Waals surface area contributed by atoms with E-state index in [1.54, 1.807) is 0 Å². The molecule has 0 aromatic heterocycles. The molecule has 4 heteroatoms. The molecule has 3 aliphatic heterocycles. The van der Waals surface area contributed by atoms with Gasteiger partial charge in [0, 0.05) is 44.8 Å². The summed E-state index contributed by atoms with van der Waals surface area (Å²) in [5.41, 5.74) is 2.98. The van der Waals surface area contributed by atoms with Crippen LogP contribution in [0.4, 0.5) is 0 Å². The lowest BCUT2D eigenvalue weighted by atomic mass is 9.71. The van der Waals surface area contributed by atoms with E-state index in [2.05, 4.69) is 41.0 Å². The number of carbonyl (C=O) groups excluding carboxylic acids is 1. The van der Waals surface area contributed by atoms with Crippen molar-refractivity contribution in [1.29, 1.82) is 0 Å². The number of rotatable bonds is 5. The van der Waals surface area contributed by atoms with Gasteiger partial charge >= 0.3 is 0 Å². The minimum atomic E-state index is 0.199. The highest BCUT2D eigenvalue weighted by atomic mass is 16.5. The first-order valence-electron chi connectivity index (χ1n) is 12.9. The fourth-order valence-corrected chi connectivity index (χ4v) is 6.80. The minimum absolute atomic E-state index is 0.199. The van der Waals surface area contributed by atoms with E-state index in [0.717, 1.165) is 51.6 Å². The lowest BCUT2D eigenvalue weighted by molar-refractivity contribution is -0.137.